The summed E-state index contributed by atoms with van der Waals surface area (Å²) in [5.74, 6) is 0.808. The molecule has 0 radical (unpaired) electrons. The van der Waals surface area contributed by atoms with E-state index in [2.05, 4.69) is 59.4 Å². The van der Waals surface area contributed by atoms with Crippen LogP contribution in [0.5, 0.6) is 0 Å². The van der Waals surface area contributed by atoms with Gasteiger partial charge < -0.3 is 15.9 Å². The van der Waals surface area contributed by atoms with Crippen LogP contribution in [-0.2, 0) is 6.42 Å². The number of nitrogens with two attached hydrogens (primary N) is 2. The van der Waals surface area contributed by atoms with Gasteiger partial charge >= 0.3 is 0 Å². The number of fused-ring (bicyclic) bond motifs is 2. The van der Waals surface area contributed by atoms with Gasteiger partial charge in [-0.25, -0.2) is 0 Å². The number of hydrogen-bond donors (Lipinski definition) is 2. The molecule has 4 N–H and O–H groups in total. The summed E-state index contributed by atoms with van der Waals surface area (Å²) in [6.45, 7) is 2.19. The van der Waals surface area contributed by atoms with Crippen molar-refractivity contribution < 1.29 is 4.42 Å². The molecule has 5 nitrogen and oxygen atoms in total. The molecule has 0 spiro atoms. The van der Waals surface area contributed by atoms with Gasteiger partial charge in [-0.05, 0) is 28.7 Å². The normalized spacial score (nSPS) is 12.7. The lowest BCUT2D eigenvalue weighted by molar-refractivity contribution is 0.595. The van der Waals surface area contributed by atoms with Crippen molar-refractivity contribution in [3.8, 4) is 0 Å². The number of rotatable bonds is 3. The maximum Gasteiger partial charge on any atom is 0.233 e. The average Bonchev–Trinajstić information content (AvgIpc) is 2.97. The van der Waals surface area contributed by atoms with E-state index in [4.69, 9.17) is 15.9 Å². The van der Waals surface area contributed by atoms with E-state index in [0.29, 0.717) is 17.4 Å². The van der Waals surface area contributed by atoms with Crippen molar-refractivity contribution >= 4 is 33.6 Å². The van der Waals surface area contributed by atoms with Crippen LogP contribution in [0, 0.1) is 0 Å². The molecule has 0 fully saturated rings. The van der Waals surface area contributed by atoms with Gasteiger partial charge in [0.05, 0.1) is 11.6 Å². The van der Waals surface area contributed by atoms with Gasteiger partial charge in [0.15, 0.2) is 0 Å². The Morgan fingerprint density at radius 3 is 2.67 bits per heavy atom. The van der Waals surface area contributed by atoms with Crippen LogP contribution in [0.25, 0.3) is 21.9 Å². The van der Waals surface area contributed by atoms with E-state index in [0.717, 1.165) is 17.4 Å². The standard InChI is InChI=1S/C19H18N4O/c1-11(13-7-6-12-4-2-3-5-14(12)9-13)8-15-10-24-18-16(15)17(20)22-19(21)23-18/h2-7,9-11H,8H2,1H3,(H4,20,21,22,23). The average molecular weight is 318 g/mol. The molecule has 24 heavy (non-hydrogen) atoms. The van der Waals surface area contributed by atoms with Gasteiger partial charge in [0.1, 0.15) is 5.82 Å². The molecule has 120 valence electrons. The Morgan fingerprint density at radius 1 is 1.04 bits per heavy atom. The largest absolute Gasteiger partial charge is 0.446 e. The van der Waals surface area contributed by atoms with E-state index in [1.165, 1.54) is 16.3 Å². The molecule has 0 amide bonds. The minimum absolute atomic E-state index is 0.128. The Labute approximate surface area is 139 Å². The zero-order valence-electron chi connectivity index (χ0n) is 13.4. The van der Waals surface area contributed by atoms with Gasteiger partial charge in [0.2, 0.25) is 11.7 Å². The highest BCUT2D eigenvalue weighted by atomic mass is 16.3. The summed E-state index contributed by atoms with van der Waals surface area (Å²) >= 11 is 0. The van der Waals surface area contributed by atoms with Crippen LogP contribution in [0.3, 0.4) is 0 Å². The minimum Gasteiger partial charge on any atom is -0.446 e. The second-order valence-electron chi connectivity index (χ2n) is 6.12. The monoisotopic (exact) mass is 318 g/mol. The highest BCUT2D eigenvalue weighted by Gasteiger charge is 2.16. The summed E-state index contributed by atoms with van der Waals surface area (Å²) in [5, 5.41) is 3.25. The number of furan rings is 1. The maximum absolute atomic E-state index is 6.00. The molecule has 2 aromatic heterocycles. The highest BCUT2D eigenvalue weighted by molar-refractivity contribution is 5.89. The molecule has 2 aromatic carbocycles. The lowest BCUT2D eigenvalue weighted by Crippen LogP contribution is -2.02. The number of hydrogen-bond acceptors (Lipinski definition) is 5. The van der Waals surface area contributed by atoms with E-state index >= 15 is 0 Å². The number of aromatic nitrogens is 2. The Balaban J connectivity index is 1.69. The molecule has 4 rings (SSSR count). The van der Waals surface area contributed by atoms with Gasteiger partial charge in [-0.1, -0.05) is 49.4 Å². The lowest BCUT2D eigenvalue weighted by atomic mass is 9.92. The van der Waals surface area contributed by atoms with Crippen LogP contribution < -0.4 is 11.5 Å². The molecular formula is C19H18N4O. The van der Waals surface area contributed by atoms with Crippen molar-refractivity contribution in [2.24, 2.45) is 0 Å². The molecule has 5 heteroatoms. The van der Waals surface area contributed by atoms with E-state index < -0.39 is 0 Å². The third-order valence-electron chi connectivity index (χ3n) is 4.42. The van der Waals surface area contributed by atoms with Crippen LogP contribution in [0.1, 0.15) is 24.0 Å². The number of nitrogens with zero attached hydrogens (tertiary/aromatic N) is 2. The molecule has 0 saturated carbocycles. The molecule has 0 aliphatic heterocycles. The van der Waals surface area contributed by atoms with Crippen molar-refractivity contribution in [1.29, 1.82) is 0 Å². The van der Waals surface area contributed by atoms with Crippen LogP contribution in [-0.4, -0.2) is 9.97 Å². The second kappa shape index (κ2) is 5.53. The topological polar surface area (TPSA) is 91.0 Å². The summed E-state index contributed by atoms with van der Waals surface area (Å²) in [6, 6.07) is 14.9. The zero-order chi connectivity index (χ0) is 16.7. The van der Waals surface area contributed by atoms with Gasteiger partial charge in [-0.2, -0.15) is 9.97 Å². The zero-order valence-corrected chi connectivity index (χ0v) is 13.4. The fourth-order valence-electron chi connectivity index (χ4n) is 3.16. The van der Waals surface area contributed by atoms with Gasteiger partial charge in [-0.15, -0.1) is 0 Å². The summed E-state index contributed by atoms with van der Waals surface area (Å²) in [7, 11) is 0. The third kappa shape index (κ3) is 2.44. The molecule has 0 bridgehead atoms. The van der Waals surface area contributed by atoms with E-state index in [1.54, 1.807) is 6.26 Å². The molecule has 1 unspecified atom stereocenters. The summed E-state index contributed by atoms with van der Waals surface area (Å²) in [4.78, 5) is 8.14. The van der Waals surface area contributed by atoms with E-state index in [9.17, 15) is 0 Å². The minimum atomic E-state index is 0.128. The third-order valence-corrected chi connectivity index (χ3v) is 4.42. The SMILES string of the molecule is CC(Cc1coc2nc(N)nc(N)c12)c1ccc2ccccc2c1. The molecular weight excluding hydrogens is 300 g/mol. The van der Waals surface area contributed by atoms with Crippen molar-refractivity contribution in [3.05, 3.63) is 59.9 Å². The molecule has 0 aliphatic carbocycles. The Kier molecular flexibility index (Phi) is 3.34. The molecule has 2 heterocycles. The maximum atomic E-state index is 6.00. The van der Waals surface area contributed by atoms with Gasteiger partial charge in [0.25, 0.3) is 0 Å². The van der Waals surface area contributed by atoms with E-state index in [1.807, 2.05) is 0 Å². The molecule has 1 atom stereocenters. The summed E-state index contributed by atoms with van der Waals surface area (Å²) in [6.07, 6.45) is 2.50. The predicted molar refractivity (Wildman–Crippen MR) is 96.7 cm³/mol. The highest BCUT2D eigenvalue weighted by Crippen LogP contribution is 2.30. The molecule has 0 saturated heterocycles. The van der Waals surface area contributed by atoms with E-state index in [-0.39, 0.29) is 5.95 Å². The van der Waals surface area contributed by atoms with Crippen molar-refractivity contribution in [1.82, 2.24) is 9.97 Å². The quantitative estimate of drug-likeness (QED) is 0.598. The molecule has 0 aliphatic rings. The first-order chi connectivity index (χ1) is 11.6. The first-order valence-electron chi connectivity index (χ1n) is 7.89. The van der Waals surface area contributed by atoms with Crippen molar-refractivity contribution in [2.75, 3.05) is 11.5 Å². The Hall–Kier alpha value is -3.08. The number of benzene rings is 2. The van der Waals surface area contributed by atoms with Crippen molar-refractivity contribution in [2.45, 2.75) is 19.3 Å². The lowest BCUT2D eigenvalue weighted by Gasteiger charge is -2.12. The summed E-state index contributed by atoms with van der Waals surface area (Å²) < 4.78 is 5.51. The Morgan fingerprint density at radius 2 is 1.83 bits per heavy atom. The predicted octanol–water partition coefficient (Wildman–Crippen LogP) is 3.89. The van der Waals surface area contributed by atoms with Gasteiger partial charge in [-0.3, -0.25) is 0 Å². The number of nitrogen functional groups attached to an aromatic ring is 2. The van der Waals surface area contributed by atoms with Crippen LogP contribution in [0.4, 0.5) is 11.8 Å². The Bertz CT molecular complexity index is 1040. The van der Waals surface area contributed by atoms with Gasteiger partial charge in [0, 0.05) is 5.56 Å². The van der Waals surface area contributed by atoms with Crippen LogP contribution in [0.15, 0.2) is 53.1 Å². The first kappa shape index (κ1) is 14.5. The number of anilines is 2. The smallest absolute Gasteiger partial charge is 0.233 e. The molecule has 4 aromatic rings. The first-order valence-corrected chi connectivity index (χ1v) is 7.89. The van der Waals surface area contributed by atoms with Crippen LogP contribution >= 0.6 is 0 Å². The summed E-state index contributed by atoms with van der Waals surface area (Å²) in [5.41, 5.74) is 14.3. The fraction of sp³-hybridized carbons (Fsp3) is 0.158. The second-order valence-corrected chi connectivity index (χ2v) is 6.12. The fourth-order valence-corrected chi connectivity index (χ4v) is 3.16. The van der Waals surface area contributed by atoms with Crippen LogP contribution in [0.2, 0.25) is 0 Å². The van der Waals surface area contributed by atoms with Crippen molar-refractivity contribution in [3.63, 3.8) is 0 Å².